The molecule has 2 heterocycles. The molecule has 1 aromatic heterocycles. The van der Waals surface area contributed by atoms with Crippen LogP contribution in [0.15, 0.2) is 9.42 Å². The maximum Gasteiger partial charge on any atom is 0.250 e. The van der Waals surface area contributed by atoms with Crippen molar-refractivity contribution < 1.29 is 12.9 Å². The summed E-state index contributed by atoms with van der Waals surface area (Å²) in [6, 6.07) is 0. The van der Waals surface area contributed by atoms with Crippen molar-refractivity contribution in [3.05, 3.63) is 5.76 Å². The highest BCUT2D eigenvalue weighted by molar-refractivity contribution is 7.89. The normalized spacial score (nSPS) is 19.6. The van der Waals surface area contributed by atoms with Crippen LogP contribution in [0.1, 0.15) is 5.76 Å². The molecule has 1 aromatic rings. The number of aryl methyl sites for hydroxylation is 1. The molecule has 0 saturated carbocycles. The highest BCUT2D eigenvalue weighted by atomic mass is 32.2. The standard InChI is InChI=1S/C9H16N4O3S/c1-7-8(9(10)11-16-7)17(14,15)13-5-3-12(2)4-6-13/h3-6H2,1-2H3,(H2,10,11). The second kappa shape index (κ2) is 4.28. The maximum absolute atomic E-state index is 12.3. The third-order valence-corrected chi connectivity index (χ3v) is 4.95. The molecule has 0 bridgehead atoms. The first-order valence-corrected chi connectivity index (χ1v) is 6.77. The number of anilines is 1. The zero-order valence-electron chi connectivity index (χ0n) is 9.88. The zero-order chi connectivity index (χ0) is 12.6. The molecule has 2 N–H and O–H groups in total. The number of piperazine rings is 1. The second-order valence-electron chi connectivity index (χ2n) is 4.16. The molecular formula is C9H16N4O3S. The molecule has 7 nitrogen and oxygen atoms in total. The lowest BCUT2D eigenvalue weighted by molar-refractivity contribution is 0.222. The average molecular weight is 260 g/mol. The van der Waals surface area contributed by atoms with E-state index in [0.29, 0.717) is 26.2 Å². The molecule has 1 aliphatic rings. The van der Waals surface area contributed by atoms with Gasteiger partial charge in [-0.3, -0.25) is 0 Å². The third kappa shape index (κ3) is 2.15. The SMILES string of the molecule is Cc1onc(N)c1S(=O)(=O)N1CCN(C)CC1. The Morgan fingerprint density at radius 1 is 1.29 bits per heavy atom. The summed E-state index contributed by atoms with van der Waals surface area (Å²) < 4.78 is 30.9. The minimum absolute atomic E-state index is 0.00190. The fraction of sp³-hybridized carbons (Fsp3) is 0.667. The van der Waals surface area contributed by atoms with Gasteiger partial charge in [0.1, 0.15) is 0 Å². The predicted octanol–water partition coefficient (Wildman–Crippen LogP) is -0.499. The van der Waals surface area contributed by atoms with Crippen LogP contribution in [-0.2, 0) is 10.0 Å². The van der Waals surface area contributed by atoms with Gasteiger partial charge in [-0.05, 0) is 14.0 Å². The Labute approximate surface area is 100 Å². The molecule has 1 saturated heterocycles. The van der Waals surface area contributed by atoms with Crippen molar-refractivity contribution in [2.75, 3.05) is 39.0 Å². The van der Waals surface area contributed by atoms with Gasteiger partial charge >= 0.3 is 0 Å². The van der Waals surface area contributed by atoms with E-state index in [2.05, 4.69) is 10.1 Å². The highest BCUT2D eigenvalue weighted by Crippen LogP contribution is 2.25. The number of sulfonamides is 1. The van der Waals surface area contributed by atoms with Gasteiger partial charge in [-0.2, -0.15) is 4.31 Å². The van der Waals surface area contributed by atoms with Crippen LogP contribution < -0.4 is 5.73 Å². The van der Waals surface area contributed by atoms with Crippen molar-refractivity contribution in [1.82, 2.24) is 14.4 Å². The van der Waals surface area contributed by atoms with E-state index in [1.807, 2.05) is 7.05 Å². The molecule has 1 aliphatic heterocycles. The molecular weight excluding hydrogens is 244 g/mol. The van der Waals surface area contributed by atoms with Crippen LogP contribution in [0.2, 0.25) is 0 Å². The molecule has 0 aromatic carbocycles. The van der Waals surface area contributed by atoms with Gasteiger partial charge in [0.25, 0.3) is 0 Å². The van der Waals surface area contributed by atoms with Crippen LogP contribution in [-0.4, -0.2) is 56.0 Å². The van der Waals surface area contributed by atoms with Crippen molar-refractivity contribution in [3.63, 3.8) is 0 Å². The molecule has 0 atom stereocenters. The van der Waals surface area contributed by atoms with Gasteiger partial charge in [-0.25, -0.2) is 8.42 Å². The van der Waals surface area contributed by atoms with Crippen molar-refractivity contribution in [2.24, 2.45) is 0 Å². The van der Waals surface area contributed by atoms with Gasteiger partial charge < -0.3 is 15.2 Å². The monoisotopic (exact) mass is 260 g/mol. The van der Waals surface area contributed by atoms with E-state index >= 15 is 0 Å². The number of nitrogens with zero attached hydrogens (tertiary/aromatic N) is 3. The largest absolute Gasteiger partial charge is 0.380 e. The molecule has 17 heavy (non-hydrogen) atoms. The molecule has 96 valence electrons. The topological polar surface area (TPSA) is 92.7 Å². The molecule has 0 spiro atoms. The van der Waals surface area contributed by atoms with Gasteiger partial charge in [-0.1, -0.05) is 5.16 Å². The summed E-state index contributed by atoms with van der Waals surface area (Å²) >= 11 is 0. The predicted molar refractivity (Wildman–Crippen MR) is 61.9 cm³/mol. The number of aromatic nitrogens is 1. The zero-order valence-corrected chi connectivity index (χ0v) is 10.7. The molecule has 0 amide bonds. The van der Waals surface area contributed by atoms with E-state index in [0.717, 1.165) is 0 Å². The third-order valence-electron chi connectivity index (χ3n) is 2.89. The Hall–Kier alpha value is -1.12. The second-order valence-corrected chi connectivity index (χ2v) is 6.04. The van der Waals surface area contributed by atoms with Crippen molar-refractivity contribution >= 4 is 15.8 Å². The number of hydrogen-bond donors (Lipinski definition) is 1. The summed E-state index contributed by atoms with van der Waals surface area (Å²) in [5.41, 5.74) is 5.54. The van der Waals surface area contributed by atoms with Crippen LogP contribution in [0.3, 0.4) is 0 Å². The molecule has 2 rings (SSSR count). The lowest BCUT2D eigenvalue weighted by atomic mass is 10.4. The van der Waals surface area contributed by atoms with E-state index in [9.17, 15) is 8.42 Å². The Morgan fingerprint density at radius 3 is 2.35 bits per heavy atom. The van der Waals surface area contributed by atoms with Gasteiger partial charge in [0.2, 0.25) is 10.0 Å². The van der Waals surface area contributed by atoms with Crippen LogP contribution in [0.5, 0.6) is 0 Å². The van der Waals surface area contributed by atoms with E-state index in [-0.39, 0.29) is 16.5 Å². The van der Waals surface area contributed by atoms with Crippen LogP contribution in [0, 0.1) is 6.92 Å². The van der Waals surface area contributed by atoms with Crippen molar-refractivity contribution in [1.29, 1.82) is 0 Å². The molecule has 8 heteroatoms. The fourth-order valence-corrected chi connectivity index (χ4v) is 3.46. The number of nitrogen functional groups attached to an aromatic ring is 1. The van der Waals surface area contributed by atoms with Gasteiger partial charge in [0.15, 0.2) is 16.5 Å². The summed E-state index contributed by atoms with van der Waals surface area (Å²) in [7, 11) is -1.62. The first-order chi connectivity index (χ1) is 7.93. The van der Waals surface area contributed by atoms with Crippen molar-refractivity contribution in [3.8, 4) is 0 Å². The van der Waals surface area contributed by atoms with E-state index in [4.69, 9.17) is 10.3 Å². The summed E-state index contributed by atoms with van der Waals surface area (Å²) in [5.74, 6) is 0.169. The van der Waals surface area contributed by atoms with Crippen LogP contribution in [0.4, 0.5) is 5.82 Å². The van der Waals surface area contributed by atoms with Gasteiger partial charge in [0.05, 0.1) is 0 Å². The summed E-state index contributed by atoms with van der Waals surface area (Å²) in [5, 5.41) is 3.48. The van der Waals surface area contributed by atoms with Gasteiger partial charge in [0, 0.05) is 26.2 Å². The minimum Gasteiger partial charge on any atom is -0.380 e. The lowest BCUT2D eigenvalue weighted by Gasteiger charge is -2.31. The minimum atomic E-state index is -3.58. The lowest BCUT2D eigenvalue weighted by Crippen LogP contribution is -2.47. The average Bonchev–Trinajstić information content (AvgIpc) is 2.59. The maximum atomic E-state index is 12.3. The number of hydrogen-bond acceptors (Lipinski definition) is 6. The Bertz CT molecular complexity index is 483. The van der Waals surface area contributed by atoms with Crippen LogP contribution in [0.25, 0.3) is 0 Å². The first kappa shape index (κ1) is 12.3. The first-order valence-electron chi connectivity index (χ1n) is 5.33. The molecule has 0 aliphatic carbocycles. The van der Waals surface area contributed by atoms with Crippen LogP contribution >= 0.6 is 0 Å². The molecule has 0 radical (unpaired) electrons. The highest BCUT2D eigenvalue weighted by Gasteiger charge is 2.33. The Morgan fingerprint density at radius 2 is 1.88 bits per heavy atom. The van der Waals surface area contributed by atoms with Crippen molar-refractivity contribution in [2.45, 2.75) is 11.8 Å². The Balaban J connectivity index is 2.31. The smallest absolute Gasteiger partial charge is 0.250 e. The fourth-order valence-electron chi connectivity index (χ4n) is 1.85. The number of nitrogens with two attached hydrogens (primary N) is 1. The van der Waals surface area contributed by atoms with Gasteiger partial charge in [-0.15, -0.1) is 0 Å². The Kier molecular flexibility index (Phi) is 3.11. The summed E-state index contributed by atoms with van der Waals surface area (Å²) in [6.07, 6.45) is 0. The number of likely N-dealkylation sites (N-methyl/N-ethyl adjacent to an activating group) is 1. The quantitative estimate of drug-likeness (QED) is 0.770. The molecule has 0 unspecified atom stereocenters. The van der Waals surface area contributed by atoms with E-state index < -0.39 is 10.0 Å². The van der Waals surface area contributed by atoms with E-state index in [1.54, 1.807) is 6.92 Å². The summed E-state index contributed by atoms with van der Waals surface area (Å²) in [6.45, 7) is 3.89. The molecule has 1 fully saturated rings. The summed E-state index contributed by atoms with van der Waals surface area (Å²) in [4.78, 5) is 2.08. The van der Waals surface area contributed by atoms with E-state index in [1.165, 1.54) is 4.31 Å². The number of rotatable bonds is 2.